The molecule has 5 rings (SSSR count). The minimum atomic E-state index is -0.277. The largest absolute Gasteiger partial charge is 0.462 e. The lowest BCUT2D eigenvalue weighted by Gasteiger charge is -2.37. The molecule has 2 aliphatic heterocycles. The average molecular weight is 422 g/mol. The first-order chi connectivity index (χ1) is 15.1. The van der Waals surface area contributed by atoms with Gasteiger partial charge in [0.1, 0.15) is 11.2 Å². The van der Waals surface area contributed by atoms with Crippen molar-refractivity contribution in [1.29, 1.82) is 0 Å². The molecule has 3 aromatic heterocycles. The van der Waals surface area contributed by atoms with Gasteiger partial charge in [-0.3, -0.25) is 9.78 Å². The lowest BCUT2D eigenvalue weighted by molar-refractivity contribution is 0.102. The minimum absolute atomic E-state index is 0.114. The quantitative estimate of drug-likeness (QED) is 0.666. The van der Waals surface area contributed by atoms with E-state index in [1.165, 1.54) is 0 Å². The third kappa shape index (κ3) is 4.00. The van der Waals surface area contributed by atoms with Crippen molar-refractivity contribution in [2.75, 3.05) is 36.5 Å². The molecule has 0 radical (unpaired) electrons. The number of pyridine rings is 2. The Bertz CT molecular complexity index is 1080. The highest BCUT2D eigenvalue weighted by Gasteiger charge is 2.26. The second-order valence-electron chi connectivity index (χ2n) is 8.65. The second-order valence-corrected chi connectivity index (χ2v) is 8.65. The van der Waals surface area contributed by atoms with Crippen LogP contribution in [0.2, 0.25) is 0 Å². The molecule has 8 nitrogen and oxygen atoms in total. The number of aromatic nitrogens is 2. The summed E-state index contributed by atoms with van der Waals surface area (Å²) in [5, 5.41) is 3.00. The van der Waals surface area contributed by atoms with Crippen molar-refractivity contribution in [3.63, 3.8) is 0 Å². The van der Waals surface area contributed by atoms with Crippen LogP contribution >= 0.6 is 0 Å². The van der Waals surface area contributed by atoms with Crippen LogP contribution in [0.25, 0.3) is 11.1 Å². The van der Waals surface area contributed by atoms with Gasteiger partial charge in [0.25, 0.3) is 5.91 Å². The van der Waals surface area contributed by atoms with E-state index in [4.69, 9.17) is 14.9 Å². The fraction of sp³-hybridized carbons (Fsp3) is 0.435. The molecule has 0 spiro atoms. The number of nitrogens with zero attached hydrogens (tertiary/aromatic N) is 3. The summed E-state index contributed by atoms with van der Waals surface area (Å²) < 4.78 is 11.2. The van der Waals surface area contributed by atoms with Gasteiger partial charge in [-0.25, -0.2) is 4.98 Å². The number of hydrogen-bond acceptors (Lipinski definition) is 7. The van der Waals surface area contributed by atoms with Crippen molar-refractivity contribution in [1.82, 2.24) is 9.97 Å². The molecule has 3 unspecified atom stereocenters. The molecule has 3 atom stereocenters. The summed E-state index contributed by atoms with van der Waals surface area (Å²) in [5.74, 6) is 0.464. The molecule has 2 saturated heterocycles. The summed E-state index contributed by atoms with van der Waals surface area (Å²) in [6.07, 6.45) is 7.09. The number of piperidine rings is 1. The number of nitrogens with two attached hydrogens (primary N) is 1. The van der Waals surface area contributed by atoms with Gasteiger partial charge >= 0.3 is 0 Å². The van der Waals surface area contributed by atoms with Gasteiger partial charge < -0.3 is 25.1 Å². The van der Waals surface area contributed by atoms with E-state index in [-0.39, 0.29) is 17.9 Å². The van der Waals surface area contributed by atoms with E-state index >= 15 is 0 Å². The highest BCUT2D eigenvalue weighted by atomic mass is 16.5. The van der Waals surface area contributed by atoms with Crippen LogP contribution < -0.4 is 16.0 Å². The van der Waals surface area contributed by atoms with Crippen molar-refractivity contribution in [2.45, 2.75) is 31.7 Å². The van der Waals surface area contributed by atoms with Crippen molar-refractivity contribution in [2.24, 2.45) is 11.7 Å². The summed E-state index contributed by atoms with van der Waals surface area (Å²) >= 11 is 0. The van der Waals surface area contributed by atoms with Crippen molar-refractivity contribution in [3.05, 3.63) is 48.1 Å². The van der Waals surface area contributed by atoms with Crippen LogP contribution in [0.4, 0.5) is 11.4 Å². The van der Waals surface area contributed by atoms with E-state index in [1.807, 2.05) is 6.07 Å². The predicted molar refractivity (Wildman–Crippen MR) is 118 cm³/mol. The summed E-state index contributed by atoms with van der Waals surface area (Å²) in [5.41, 5.74) is 10.6. The van der Waals surface area contributed by atoms with Crippen molar-refractivity contribution in [3.8, 4) is 0 Å². The van der Waals surface area contributed by atoms with Crippen LogP contribution in [0, 0.1) is 5.92 Å². The zero-order valence-electron chi connectivity index (χ0n) is 17.6. The maximum absolute atomic E-state index is 13.1. The Hall–Kier alpha value is -2.97. The Labute approximate surface area is 180 Å². The Morgan fingerprint density at radius 1 is 1.29 bits per heavy atom. The Kier molecular flexibility index (Phi) is 5.33. The van der Waals surface area contributed by atoms with Gasteiger partial charge in [0.05, 0.1) is 30.4 Å². The van der Waals surface area contributed by atoms with Crippen LogP contribution in [0.5, 0.6) is 0 Å². The summed E-state index contributed by atoms with van der Waals surface area (Å²) in [4.78, 5) is 24.1. The number of ether oxygens (including phenoxy) is 1. The minimum Gasteiger partial charge on any atom is -0.462 e. The number of furan rings is 1. The molecule has 2 fully saturated rings. The van der Waals surface area contributed by atoms with Crippen LogP contribution in [0.1, 0.15) is 41.7 Å². The number of fused-ring (bicyclic) bond motifs is 1. The molecular formula is C23H27N5O3. The molecule has 3 N–H and O–H groups in total. The topological polar surface area (TPSA) is 107 Å². The number of carbonyl (C=O) groups is 1. The molecule has 0 aliphatic carbocycles. The standard InChI is InChI=1S/C23H27N5O3/c1-14-8-16(24)11-28(10-14)20-4-6-25-9-19(20)27-23(29)18-2-3-21-22(26-18)17(13-31-21)15-5-7-30-12-15/h2-4,6,9,13-16H,5,7-8,10-12,24H2,1H3,(H,27,29). The van der Waals surface area contributed by atoms with E-state index in [9.17, 15) is 4.79 Å². The summed E-state index contributed by atoms with van der Waals surface area (Å²) in [6.45, 7) is 5.24. The first-order valence-corrected chi connectivity index (χ1v) is 10.8. The normalized spacial score (nSPS) is 23.9. The molecular weight excluding hydrogens is 394 g/mol. The van der Waals surface area contributed by atoms with Gasteiger partial charge in [0.15, 0.2) is 5.58 Å². The van der Waals surface area contributed by atoms with E-state index in [2.05, 4.69) is 27.1 Å². The Morgan fingerprint density at radius 3 is 3.00 bits per heavy atom. The lowest BCUT2D eigenvalue weighted by Crippen LogP contribution is -2.46. The van der Waals surface area contributed by atoms with Gasteiger partial charge in [-0.2, -0.15) is 0 Å². The average Bonchev–Trinajstić information content (AvgIpc) is 3.42. The lowest BCUT2D eigenvalue weighted by atomic mass is 9.96. The van der Waals surface area contributed by atoms with Gasteiger partial charge in [-0.15, -0.1) is 0 Å². The second kappa shape index (κ2) is 8.28. The van der Waals surface area contributed by atoms with Gasteiger partial charge in [-0.1, -0.05) is 6.92 Å². The molecule has 0 aromatic carbocycles. The molecule has 0 bridgehead atoms. The zero-order chi connectivity index (χ0) is 21.4. The molecule has 5 heterocycles. The zero-order valence-corrected chi connectivity index (χ0v) is 17.6. The van der Waals surface area contributed by atoms with Crippen LogP contribution in [0.3, 0.4) is 0 Å². The number of carbonyl (C=O) groups excluding carboxylic acids is 1. The first-order valence-electron chi connectivity index (χ1n) is 10.8. The fourth-order valence-electron chi connectivity index (χ4n) is 4.67. The number of hydrogen-bond donors (Lipinski definition) is 2. The molecule has 2 aliphatic rings. The number of anilines is 2. The third-order valence-electron chi connectivity index (χ3n) is 6.13. The number of rotatable bonds is 4. The van der Waals surface area contributed by atoms with E-state index in [0.29, 0.717) is 29.5 Å². The van der Waals surface area contributed by atoms with Gasteiger partial charge in [0, 0.05) is 43.4 Å². The molecule has 31 heavy (non-hydrogen) atoms. The summed E-state index contributed by atoms with van der Waals surface area (Å²) in [6, 6.07) is 5.52. The highest BCUT2D eigenvalue weighted by molar-refractivity contribution is 6.05. The number of amides is 1. The molecule has 162 valence electrons. The Balaban J connectivity index is 1.40. The SMILES string of the molecule is CC1CC(N)CN(c2ccncc2NC(=O)c2ccc3occ(C4CCOC4)c3n2)C1. The molecule has 0 saturated carbocycles. The third-order valence-corrected chi connectivity index (χ3v) is 6.13. The van der Waals surface area contributed by atoms with E-state index in [1.54, 1.807) is 30.8 Å². The van der Waals surface area contributed by atoms with E-state index in [0.717, 1.165) is 49.3 Å². The maximum atomic E-state index is 13.1. The summed E-state index contributed by atoms with van der Waals surface area (Å²) in [7, 11) is 0. The van der Waals surface area contributed by atoms with Crippen molar-refractivity contribution < 1.29 is 13.9 Å². The van der Waals surface area contributed by atoms with Crippen LogP contribution in [-0.2, 0) is 4.74 Å². The smallest absolute Gasteiger partial charge is 0.274 e. The molecule has 1 amide bonds. The Morgan fingerprint density at radius 2 is 2.19 bits per heavy atom. The van der Waals surface area contributed by atoms with E-state index < -0.39 is 0 Å². The molecule has 8 heteroatoms. The van der Waals surface area contributed by atoms with Crippen molar-refractivity contribution >= 4 is 28.4 Å². The van der Waals surface area contributed by atoms with Gasteiger partial charge in [-0.05, 0) is 37.0 Å². The van der Waals surface area contributed by atoms with Crippen LogP contribution in [-0.4, -0.2) is 48.2 Å². The highest BCUT2D eigenvalue weighted by Crippen LogP contribution is 2.32. The first kappa shape index (κ1) is 20.0. The van der Waals surface area contributed by atoms with Crippen LogP contribution in [0.15, 0.2) is 41.3 Å². The van der Waals surface area contributed by atoms with Gasteiger partial charge in [0.2, 0.25) is 0 Å². The fourth-order valence-corrected chi connectivity index (χ4v) is 4.67. The number of nitrogens with one attached hydrogen (secondary N) is 1. The predicted octanol–water partition coefficient (Wildman–Crippen LogP) is 3.15. The monoisotopic (exact) mass is 421 g/mol. The molecule has 3 aromatic rings. The maximum Gasteiger partial charge on any atom is 0.274 e.